The van der Waals surface area contributed by atoms with Crippen LogP contribution in [-0.2, 0) is 6.42 Å². The number of hydrogen-bond acceptors (Lipinski definition) is 5. The fourth-order valence-corrected chi connectivity index (χ4v) is 1.88. The van der Waals surface area contributed by atoms with Gasteiger partial charge in [-0.25, -0.2) is 5.26 Å². The van der Waals surface area contributed by atoms with E-state index in [0.29, 0.717) is 24.0 Å². The maximum Gasteiger partial charge on any atom is 0.207 e. The maximum atomic E-state index is 10.7. The minimum atomic E-state index is -1.01. The lowest BCUT2D eigenvalue weighted by molar-refractivity contribution is -0.140. The first kappa shape index (κ1) is 11.9. The van der Waals surface area contributed by atoms with E-state index in [1.807, 2.05) is 0 Å². The summed E-state index contributed by atoms with van der Waals surface area (Å²) in [5.74, 6) is 0.474. The molecule has 1 aromatic rings. The van der Waals surface area contributed by atoms with Gasteiger partial charge >= 0.3 is 0 Å². The Balaban J connectivity index is 2.40. The number of carbonyl (C=O) groups excluding carboxylic acids is 1. The molecule has 0 radical (unpaired) electrons. The average Bonchev–Trinajstić information content (AvgIpc) is 2.70. The molecule has 0 amide bonds. The summed E-state index contributed by atoms with van der Waals surface area (Å²) < 4.78 is 5.54. The van der Waals surface area contributed by atoms with E-state index in [4.69, 9.17) is 9.99 Å². The zero-order valence-corrected chi connectivity index (χ0v) is 9.64. The Morgan fingerprint density at radius 3 is 2.76 bits per heavy atom. The van der Waals surface area contributed by atoms with Gasteiger partial charge in [-0.15, -0.1) is 0 Å². The topological polar surface area (TPSA) is 76.0 Å². The van der Waals surface area contributed by atoms with Crippen LogP contribution in [-0.4, -0.2) is 28.4 Å². The number of fused-ring (bicyclic) bond motifs is 1. The van der Waals surface area contributed by atoms with Gasteiger partial charge in [-0.05, 0) is 26.0 Å². The Hall–Kier alpha value is -1.59. The summed E-state index contributed by atoms with van der Waals surface area (Å²) >= 11 is 0. The lowest BCUT2D eigenvalue weighted by Crippen LogP contribution is -2.39. The molecule has 2 rings (SSSR count). The van der Waals surface area contributed by atoms with Crippen LogP contribution in [0.3, 0.4) is 0 Å². The molecule has 92 valence electrons. The third kappa shape index (κ3) is 2.11. The van der Waals surface area contributed by atoms with Gasteiger partial charge in [0.15, 0.2) is 5.75 Å². The molecule has 1 aromatic carbocycles. The van der Waals surface area contributed by atoms with E-state index in [1.54, 1.807) is 19.9 Å². The van der Waals surface area contributed by atoms with E-state index < -0.39 is 11.7 Å². The summed E-state index contributed by atoms with van der Waals surface area (Å²) in [6.07, 6.45) is 0.713. The van der Waals surface area contributed by atoms with Crippen LogP contribution in [0.1, 0.15) is 29.8 Å². The van der Waals surface area contributed by atoms with Gasteiger partial charge in [0.1, 0.15) is 12.4 Å². The minimum Gasteiger partial charge on any atom is -0.483 e. The average molecular weight is 238 g/mol. The molecular weight excluding hydrogens is 224 g/mol. The van der Waals surface area contributed by atoms with Crippen LogP contribution in [0.15, 0.2) is 12.1 Å². The predicted octanol–water partition coefficient (Wildman–Crippen LogP) is 1.43. The fraction of sp³-hybridized carbons (Fsp3) is 0.417. The van der Waals surface area contributed by atoms with E-state index >= 15 is 0 Å². The van der Waals surface area contributed by atoms with Gasteiger partial charge in [-0.1, -0.05) is 0 Å². The van der Waals surface area contributed by atoms with Crippen molar-refractivity contribution in [2.75, 3.05) is 0 Å². The van der Waals surface area contributed by atoms with E-state index in [0.717, 1.165) is 5.56 Å². The molecule has 1 aliphatic heterocycles. The lowest BCUT2D eigenvalue weighted by Gasteiger charge is -2.24. The van der Waals surface area contributed by atoms with Gasteiger partial charge in [-0.2, -0.15) is 0 Å². The highest BCUT2D eigenvalue weighted by molar-refractivity contribution is 5.77. The summed E-state index contributed by atoms with van der Waals surface area (Å²) in [5.41, 5.74) is 0.131. The van der Waals surface area contributed by atoms with Crippen LogP contribution in [0, 0.1) is 0 Å². The Kier molecular flexibility index (Phi) is 2.81. The molecule has 1 atom stereocenters. The monoisotopic (exact) mass is 238 g/mol. The van der Waals surface area contributed by atoms with Crippen molar-refractivity contribution < 1.29 is 24.8 Å². The molecule has 1 aliphatic rings. The molecule has 1 heterocycles. The first-order valence-electron chi connectivity index (χ1n) is 5.28. The van der Waals surface area contributed by atoms with Crippen molar-refractivity contribution in [1.29, 1.82) is 0 Å². The summed E-state index contributed by atoms with van der Waals surface area (Å²) in [7, 11) is 0. The van der Waals surface area contributed by atoms with Crippen LogP contribution >= 0.6 is 0 Å². The number of benzene rings is 1. The first-order valence-corrected chi connectivity index (χ1v) is 5.28. The molecule has 5 nitrogen and oxygen atoms in total. The summed E-state index contributed by atoms with van der Waals surface area (Å²) in [6, 6.07) is 3.05. The Bertz CT molecular complexity index is 447. The second kappa shape index (κ2) is 4.01. The van der Waals surface area contributed by atoms with E-state index in [-0.39, 0.29) is 5.75 Å². The van der Waals surface area contributed by atoms with Gasteiger partial charge in [0.25, 0.3) is 0 Å². The highest BCUT2D eigenvalue weighted by Gasteiger charge is 2.36. The SMILES string of the molecule is CC(C)(O)C1Cc2cc(C=O)cc(OO)c2O1. The van der Waals surface area contributed by atoms with Crippen LogP contribution < -0.4 is 9.62 Å². The molecular formula is C12H14O5. The highest BCUT2D eigenvalue weighted by Crippen LogP contribution is 2.40. The van der Waals surface area contributed by atoms with Gasteiger partial charge < -0.3 is 14.7 Å². The van der Waals surface area contributed by atoms with E-state index in [2.05, 4.69) is 4.89 Å². The van der Waals surface area contributed by atoms with Crippen molar-refractivity contribution in [3.05, 3.63) is 23.3 Å². The fourth-order valence-electron chi connectivity index (χ4n) is 1.88. The van der Waals surface area contributed by atoms with Gasteiger partial charge in [-0.3, -0.25) is 4.79 Å². The van der Waals surface area contributed by atoms with Crippen molar-refractivity contribution in [2.24, 2.45) is 0 Å². The largest absolute Gasteiger partial charge is 0.483 e. The summed E-state index contributed by atoms with van der Waals surface area (Å²) in [6.45, 7) is 3.29. The first-order chi connectivity index (χ1) is 7.95. The molecule has 17 heavy (non-hydrogen) atoms. The molecule has 0 aromatic heterocycles. The Labute approximate surface area is 98.5 Å². The molecule has 5 heteroatoms. The number of aldehydes is 1. The van der Waals surface area contributed by atoms with Crippen molar-refractivity contribution >= 4 is 6.29 Å². The number of rotatable bonds is 3. The second-order valence-electron chi connectivity index (χ2n) is 4.68. The molecule has 0 saturated carbocycles. The van der Waals surface area contributed by atoms with E-state index in [1.165, 1.54) is 6.07 Å². The quantitative estimate of drug-likeness (QED) is 0.473. The molecule has 0 spiro atoms. The maximum absolute atomic E-state index is 10.7. The zero-order chi connectivity index (χ0) is 12.6. The van der Waals surface area contributed by atoms with Gasteiger partial charge in [0.2, 0.25) is 5.75 Å². The third-order valence-corrected chi connectivity index (χ3v) is 2.84. The highest BCUT2D eigenvalue weighted by atomic mass is 17.1. The van der Waals surface area contributed by atoms with Gasteiger partial charge in [0.05, 0.1) is 5.60 Å². The summed E-state index contributed by atoms with van der Waals surface area (Å²) in [4.78, 5) is 14.9. The smallest absolute Gasteiger partial charge is 0.207 e. The number of hydrogen-bond donors (Lipinski definition) is 2. The van der Waals surface area contributed by atoms with Crippen LogP contribution in [0.25, 0.3) is 0 Å². The molecule has 0 aliphatic carbocycles. The Morgan fingerprint density at radius 2 is 2.24 bits per heavy atom. The van der Waals surface area contributed by atoms with Crippen LogP contribution in [0.5, 0.6) is 11.5 Å². The second-order valence-corrected chi connectivity index (χ2v) is 4.68. The van der Waals surface area contributed by atoms with E-state index in [9.17, 15) is 9.90 Å². The molecule has 2 N–H and O–H groups in total. The predicted molar refractivity (Wildman–Crippen MR) is 59.5 cm³/mol. The van der Waals surface area contributed by atoms with Crippen molar-refractivity contribution in [3.63, 3.8) is 0 Å². The number of aliphatic hydroxyl groups is 1. The summed E-state index contributed by atoms with van der Waals surface area (Å²) in [5, 5.41) is 18.6. The van der Waals surface area contributed by atoms with Crippen molar-refractivity contribution in [3.8, 4) is 11.5 Å². The molecule has 0 bridgehead atoms. The molecule has 1 unspecified atom stereocenters. The standard InChI is InChI=1S/C12H14O5/c1-12(2,14)10-5-8-3-7(6-13)4-9(17-15)11(8)16-10/h3-4,6,10,14-15H,5H2,1-2H3. The van der Waals surface area contributed by atoms with Crippen LogP contribution in [0.4, 0.5) is 0 Å². The van der Waals surface area contributed by atoms with Crippen molar-refractivity contribution in [1.82, 2.24) is 0 Å². The number of carbonyl (C=O) groups is 1. The minimum absolute atomic E-state index is 0.0938. The van der Waals surface area contributed by atoms with Crippen LogP contribution in [0.2, 0.25) is 0 Å². The normalized spacial score (nSPS) is 18.5. The van der Waals surface area contributed by atoms with Crippen molar-refractivity contribution in [2.45, 2.75) is 32.0 Å². The lowest BCUT2D eigenvalue weighted by atomic mass is 9.96. The zero-order valence-electron chi connectivity index (χ0n) is 9.64. The Morgan fingerprint density at radius 1 is 1.53 bits per heavy atom. The molecule has 0 fully saturated rings. The third-order valence-electron chi connectivity index (χ3n) is 2.84. The van der Waals surface area contributed by atoms with Gasteiger partial charge in [0, 0.05) is 17.5 Å². The molecule has 0 saturated heterocycles. The number of ether oxygens (including phenoxy) is 1.